The van der Waals surface area contributed by atoms with Crippen LogP contribution in [0.2, 0.25) is 0 Å². The van der Waals surface area contributed by atoms with Gasteiger partial charge in [-0.25, -0.2) is 4.98 Å². The maximum atomic E-state index is 13.0. The average molecular weight is 472 g/mol. The first kappa shape index (κ1) is 24.1. The lowest BCUT2D eigenvalue weighted by molar-refractivity contribution is -0.274. The lowest BCUT2D eigenvalue weighted by Crippen LogP contribution is -2.17. The number of rotatable bonds is 8. The molecule has 0 aliphatic heterocycles. The van der Waals surface area contributed by atoms with Crippen molar-refractivity contribution in [2.75, 3.05) is 23.8 Å². The van der Waals surface area contributed by atoms with E-state index in [9.17, 15) is 26.3 Å². The maximum absolute atomic E-state index is 13.0. The molecule has 0 atom stereocenters. The first-order chi connectivity index (χ1) is 15.5. The molecule has 0 bridgehead atoms. The monoisotopic (exact) mass is 472 g/mol. The van der Waals surface area contributed by atoms with Crippen molar-refractivity contribution >= 4 is 17.5 Å². The lowest BCUT2D eigenvalue weighted by Gasteiger charge is -2.14. The highest BCUT2D eigenvalue weighted by molar-refractivity contribution is 5.68. The molecule has 0 spiro atoms. The van der Waals surface area contributed by atoms with Crippen molar-refractivity contribution in [3.8, 4) is 17.0 Å². The molecule has 3 N–H and O–H groups in total. The summed E-state index contributed by atoms with van der Waals surface area (Å²) in [6.07, 6.45) is -9.04. The standard InChI is InChI=1S/C21H18F6N4O2/c22-20(23,24)14-5-2-6-15(11-14)29-18-12-17(30-19(31-18)28-8-3-9-32)13-4-1-7-16(10-13)33-21(25,26)27/h1-2,4-7,10-12,32H,3,8-9H2,(H2,28,29,30,31). The van der Waals surface area contributed by atoms with Gasteiger partial charge < -0.3 is 20.5 Å². The van der Waals surface area contributed by atoms with E-state index in [0.717, 1.165) is 24.3 Å². The minimum absolute atomic E-state index is 0.0672. The van der Waals surface area contributed by atoms with Gasteiger partial charge in [0.15, 0.2) is 0 Å². The highest BCUT2D eigenvalue weighted by Gasteiger charge is 2.31. The molecule has 0 unspecified atom stereocenters. The van der Waals surface area contributed by atoms with E-state index in [2.05, 4.69) is 25.3 Å². The molecule has 176 valence electrons. The van der Waals surface area contributed by atoms with E-state index < -0.39 is 23.9 Å². The second-order valence-corrected chi connectivity index (χ2v) is 6.75. The molecule has 33 heavy (non-hydrogen) atoms. The molecule has 1 heterocycles. The van der Waals surface area contributed by atoms with Crippen LogP contribution in [0.1, 0.15) is 12.0 Å². The van der Waals surface area contributed by atoms with Crippen LogP contribution in [0.25, 0.3) is 11.3 Å². The maximum Gasteiger partial charge on any atom is 0.573 e. The Hall–Kier alpha value is -3.54. The summed E-state index contributed by atoms with van der Waals surface area (Å²) in [5, 5.41) is 14.6. The Kier molecular flexibility index (Phi) is 7.26. The Morgan fingerprint density at radius 1 is 0.909 bits per heavy atom. The van der Waals surface area contributed by atoms with Crippen molar-refractivity contribution in [2.45, 2.75) is 19.0 Å². The third-order valence-corrected chi connectivity index (χ3v) is 4.17. The SMILES string of the molecule is OCCCNc1nc(Nc2cccc(C(F)(F)F)c2)cc(-c2cccc(OC(F)(F)F)c2)n1. The summed E-state index contributed by atoms with van der Waals surface area (Å²) in [4.78, 5) is 8.44. The highest BCUT2D eigenvalue weighted by atomic mass is 19.4. The van der Waals surface area contributed by atoms with Crippen LogP contribution in [0.3, 0.4) is 0 Å². The Labute approximate surface area is 184 Å². The van der Waals surface area contributed by atoms with Crippen LogP contribution in [0, 0.1) is 0 Å². The zero-order valence-electron chi connectivity index (χ0n) is 16.8. The normalized spacial score (nSPS) is 11.8. The Morgan fingerprint density at radius 2 is 1.67 bits per heavy atom. The van der Waals surface area contributed by atoms with Crippen molar-refractivity contribution < 1.29 is 36.2 Å². The summed E-state index contributed by atoms with van der Waals surface area (Å²) in [6, 6.07) is 10.9. The number of halogens is 6. The lowest BCUT2D eigenvalue weighted by atomic mass is 10.1. The molecule has 0 aliphatic carbocycles. The number of aromatic nitrogens is 2. The number of ether oxygens (including phenoxy) is 1. The highest BCUT2D eigenvalue weighted by Crippen LogP contribution is 2.32. The van der Waals surface area contributed by atoms with Gasteiger partial charge in [0, 0.05) is 30.5 Å². The largest absolute Gasteiger partial charge is 0.573 e. The first-order valence-corrected chi connectivity index (χ1v) is 9.58. The molecule has 0 amide bonds. The Morgan fingerprint density at radius 3 is 2.36 bits per heavy atom. The van der Waals surface area contributed by atoms with E-state index in [1.807, 2.05) is 0 Å². The molecule has 3 rings (SSSR count). The molecule has 0 fully saturated rings. The van der Waals surface area contributed by atoms with Crippen LogP contribution in [0.15, 0.2) is 54.6 Å². The van der Waals surface area contributed by atoms with Gasteiger partial charge >= 0.3 is 12.5 Å². The van der Waals surface area contributed by atoms with Gasteiger partial charge in [0.25, 0.3) is 0 Å². The van der Waals surface area contributed by atoms with Gasteiger partial charge in [-0.1, -0.05) is 18.2 Å². The molecule has 0 saturated heterocycles. The number of nitrogens with zero attached hydrogens (tertiary/aromatic N) is 2. The van der Waals surface area contributed by atoms with E-state index >= 15 is 0 Å². The van der Waals surface area contributed by atoms with Gasteiger partial charge in [-0.3, -0.25) is 0 Å². The van der Waals surface area contributed by atoms with Crippen molar-refractivity contribution in [1.82, 2.24) is 9.97 Å². The fraction of sp³-hybridized carbons (Fsp3) is 0.238. The molecule has 0 saturated carbocycles. The summed E-state index contributed by atoms with van der Waals surface area (Å²) in [5.74, 6) is -0.286. The van der Waals surface area contributed by atoms with E-state index in [1.165, 1.54) is 30.3 Å². The van der Waals surface area contributed by atoms with E-state index in [0.29, 0.717) is 13.0 Å². The summed E-state index contributed by atoms with van der Waals surface area (Å²) in [6.45, 7) is 0.193. The van der Waals surface area contributed by atoms with Crippen molar-refractivity contribution in [3.05, 3.63) is 60.2 Å². The number of benzene rings is 2. The molecule has 0 radical (unpaired) electrons. The zero-order valence-corrected chi connectivity index (χ0v) is 16.8. The van der Waals surface area contributed by atoms with Crippen LogP contribution in [-0.4, -0.2) is 34.6 Å². The minimum Gasteiger partial charge on any atom is -0.406 e. The first-order valence-electron chi connectivity index (χ1n) is 9.58. The van der Waals surface area contributed by atoms with Gasteiger partial charge in [0.2, 0.25) is 5.95 Å². The van der Waals surface area contributed by atoms with E-state index in [4.69, 9.17) is 5.11 Å². The number of hydrogen-bond donors (Lipinski definition) is 3. The second kappa shape index (κ2) is 9.94. The Balaban J connectivity index is 1.96. The molecule has 0 aliphatic rings. The summed E-state index contributed by atoms with van der Waals surface area (Å²) in [7, 11) is 0. The molecule has 3 aromatic rings. The van der Waals surface area contributed by atoms with Crippen LogP contribution >= 0.6 is 0 Å². The zero-order chi connectivity index (χ0) is 24.1. The minimum atomic E-state index is -4.88. The summed E-state index contributed by atoms with van der Waals surface area (Å²) in [5.41, 5.74) is -0.305. The number of alkyl halides is 6. The third-order valence-electron chi connectivity index (χ3n) is 4.17. The van der Waals surface area contributed by atoms with Gasteiger partial charge in [-0.05, 0) is 36.8 Å². The fourth-order valence-electron chi connectivity index (χ4n) is 2.79. The predicted molar refractivity (Wildman–Crippen MR) is 109 cm³/mol. The summed E-state index contributed by atoms with van der Waals surface area (Å²) < 4.78 is 80.7. The molecule has 2 aromatic carbocycles. The van der Waals surface area contributed by atoms with Gasteiger partial charge in [-0.15, -0.1) is 13.2 Å². The van der Waals surface area contributed by atoms with Gasteiger partial charge in [-0.2, -0.15) is 18.2 Å². The fourth-order valence-corrected chi connectivity index (χ4v) is 2.79. The molecular weight excluding hydrogens is 454 g/mol. The van der Waals surface area contributed by atoms with Gasteiger partial charge in [0.05, 0.1) is 11.3 Å². The van der Waals surface area contributed by atoms with E-state index in [1.54, 1.807) is 0 Å². The van der Waals surface area contributed by atoms with Crippen molar-refractivity contribution in [3.63, 3.8) is 0 Å². The number of nitrogens with one attached hydrogen (secondary N) is 2. The summed E-state index contributed by atoms with van der Waals surface area (Å²) >= 11 is 0. The van der Waals surface area contributed by atoms with Crippen molar-refractivity contribution in [2.24, 2.45) is 0 Å². The van der Waals surface area contributed by atoms with Crippen LogP contribution in [0.4, 0.5) is 43.8 Å². The van der Waals surface area contributed by atoms with Crippen LogP contribution in [-0.2, 0) is 6.18 Å². The van der Waals surface area contributed by atoms with Crippen LogP contribution in [0.5, 0.6) is 5.75 Å². The topological polar surface area (TPSA) is 79.3 Å². The van der Waals surface area contributed by atoms with Gasteiger partial charge in [0.1, 0.15) is 11.6 Å². The molecule has 6 nitrogen and oxygen atoms in total. The molecule has 12 heteroatoms. The third kappa shape index (κ3) is 7.24. The number of anilines is 3. The second-order valence-electron chi connectivity index (χ2n) is 6.75. The van der Waals surface area contributed by atoms with E-state index in [-0.39, 0.29) is 35.3 Å². The number of aliphatic hydroxyl groups excluding tert-OH is 1. The smallest absolute Gasteiger partial charge is 0.406 e. The Bertz CT molecular complexity index is 1090. The van der Waals surface area contributed by atoms with Crippen molar-refractivity contribution in [1.29, 1.82) is 0 Å². The predicted octanol–water partition coefficient (Wildman–Crippen LogP) is 5.60. The average Bonchev–Trinajstić information content (AvgIpc) is 2.72. The molecular formula is C21H18F6N4O2. The van der Waals surface area contributed by atoms with Crippen LogP contribution < -0.4 is 15.4 Å². The number of hydrogen-bond acceptors (Lipinski definition) is 6. The quantitative estimate of drug-likeness (QED) is 0.293. The number of aliphatic hydroxyl groups is 1. The molecule has 1 aromatic heterocycles.